The third-order valence-electron chi connectivity index (χ3n) is 5.59. The molecular formula is C25H22N2OS. The van der Waals surface area contributed by atoms with E-state index in [0.717, 1.165) is 41.4 Å². The molecule has 0 saturated carbocycles. The third-order valence-corrected chi connectivity index (χ3v) is 6.74. The topological polar surface area (TPSA) is 32.7 Å². The van der Waals surface area contributed by atoms with Crippen LogP contribution in [-0.4, -0.2) is 18.2 Å². The first-order valence-corrected chi connectivity index (χ1v) is 10.9. The number of hydrogen-bond donors (Lipinski definition) is 0. The number of nitrogens with zero attached hydrogens (tertiary/aromatic N) is 2. The Hall–Kier alpha value is -2.85. The molecule has 0 aliphatic carbocycles. The molecule has 2 heterocycles. The van der Waals surface area contributed by atoms with Crippen molar-refractivity contribution in [3.05, 3.63) is 82.9 Å². The summed E-state index contributed by atoms with van der Waals surface area (Å²) >= 11 is 1.73. The number of aryl methyl sites for hydroxylation is 1. The largest absolute Gasteiger partial charge is 0.308 e. The summed E-state index contributed by atoms with van der Waals surface area (Å²) in [4.78, 5) is 22.5. The number of anilines is 1. The molecule has 0 radical (unpaired) electrons. The number of carbonyl (C=O) groups is 1. The van der Waals surface area contributed by atoms with E-state index in [1.54, 1.807) is 11.8 Å². The second kappa shape index (κ2) is 7.20. The molecule has 2 aliphatic heterocycles. The van der Waals surface area contributed by atoms with Gasteiger partial charge in [0.15, 0.2) is 0 Å². The number of hydrogen-bond acceptors (Lipinski definition) is 3. The minimum absolute atomic E-state index is 0.0496. The fourth-order valence-corrected chi connectivity index (χ4v) is 5.09. The molecule has 2 aliphatic rings. The molecule has 4 heteroatoms. The molecule has 3 nitrogen and oxygen atoms in total. The molecule has 0 fully saturated rings. The number of amides is 1. The van der Waals surface area contributed by atoms with Gasteiger partial charge in [-0.15, -0.1) is 0 Å². The van der Waals surface area contributed by atoms with Crippen molar-refractivity contribution in [3.63, 3.8) is 0 Å². The van der Waals surface area contributed by atoms with Crippen LogP contribution in [-0.2, 0) is 6.42 Å². The Bertz CT molecular complexity index is 1170. The molecule has 0 saturated heterocycles. The van der Waals surface area contributed by atoms with E-state index in [1.165, 1.54) is 21.6 Å². The lowest BCUT2D eigenvalue weighted by molar-refractivity contribution is 0.0989. The van der Waals surface area contributed by atoms with Crippen LogP contribution < -0.4 is 4.90 Å². The van der Waals surface area contributed by atoms with E-state index in [0.29, 0.717) is 5.56 Å². The second-order valence-corrected chi connectivity index (χ2v) is 8.62. The monoisotopic (exact) mass is 398 g/mol. The molecule has 0 atom stereocenters. The van der Waals surface area contributed by atoms with Crippen LogP contribution >= 0.6 is 11.8 Å². The van der Waals surface area contributed by atoms with E-state index < -0.39 is 0 Å². The summed E-state index contributed by atoms with van der Waals surface area (Å²) in [6, 6.07) is 20.6. The fourth-order valence-electron chi connectivity index (χ4n) is 4.08. The Balaban J connectivity index is 1.55. The van der Waals surface area contributed by atoms with E-state index in [-0.39, 0.29) is 5.91 Å². The number of carbonyl (C=O) groups excluding carboxylic acids is 1. The first-order valence-electron chi connectivity index (χ1n) is 10.0. The summed E-state index contributed by atoms with van der Waals surface area (Å²) in [7, 11) is 0. The summed E-state index contributed by atoms with van der Waals surface area (Å²) in [6.07, 6.45) is 1.77. The van der Waals surface area contributed by atoms with Gasteiger partial charge in [0.05, 0.1) is 5.69 Å². The molecule has 29 heavy (non-hydrogen) atoms. The van der Waals surface area contributed by atoms with Gasteiger partial charge in [0.25, 0.3) is 5.91 Å². The molecular weight excluding hydrogens is 376 g/mol. The molecule has 0 N–H and O–H groups in total. The number of fused-ring (bicyclic) bond motifs is 3. The summed E-state index contributed by atoms with van der Waals surface area (Å²) in [5.41, 5.74) is 7.37. The van der Waals surface area contributed by atoms with E-state index in [1.807, 2.05) is 41.3 Å². The normalized spacial score (nSPS) is 14.6. The van der Waals surface area contributed by atoms with Crippen LogP contribution in [0.15, 0.2) is 75.4 Å². The van der Waals surface area contributed by atoms with Gasteiger partial charge < -0.3 is 4.90 Å². The Morgan fingerprint density at radius 3 is 2.76 bits per heavy atom. The van der Waals surface area contributed by atoms with Crippen molar-refractivity contribution in [2.24, 2.45) is 4.99 Å². The average molecular weight is 399 g/mol. The molecule has 0 unspecified atom stereocenters. The van der Waals surface area contributed by atoms with Crippen LogP contribution in [0.3, 0.4) is 0 Å². The molecule has 0 spiro atoms. The van der Waals surface area contributed by atoms with Gasteiger partial charge in [-0.2, -0.15) is 0 Å². The minimum Gasteiger partial charge on any atom is -0.308 e. The third kappa shape index (κ3) is 3.18. The highest BCUT2D eigenvalue weighted by molar-refractivity contribution is 7.99. The van der Waals surface area contributed by atoms with Crippen molar-refractivity contribution < 1.29 is 4.79 Å². The Morgan fingerprint density at radius 2 is 1.90 bits per heavy atom. The zero-order chi connectivity index (χ0) is 20.0. The maximum Gasteiger partial charge on any atom is 0.258 e. The number of rotatable bonds is 2. The van der Waals surface area contributed by atoms with Gasteiger partial charge in [-0.05, 0) is 61.7 Å². The first kappa shape index (κ1) is 18.2. The van der Waals surface area contributed by atoms with Gasteiger partial charge in [0, 0.05) is 38.9 Å². The number of aliphatic imine (C=N–C) groups is 1. The molecule has 144 valence electrons. The average Bonchev–Trinajstić information content (AvgIpc) is 3.10. The Morgan fingerprint density at radius 1 is 1.07 bits per heavy atom. The zero-order valence-corrected chi connectivity index (χ0v) is 17.4. The lowest BCUT2D eigenvalue weighted by atomic mass is 10.0. The highest BCUT2D eigenvalue weighted by Gasteiger charge is 2.26. The van der Waals surface area contributed by atoms with Crippen LogP contribution in [0.2, 0.25) is 0 Å². The van der Waals surface area contributed by atoms with Crippen molar-refractivity contribution in [3.8, 4) is 0 Å². The summed E-state index contributed by atoms with van der Waals surface area (Å²) in [5, 5.41) is 0. The maximum atomic E-state index is 13.3. The van der Waals surface area contributed by atoms with Crippen LogP contribution in [0.25, 0.3) is 0 Å². The maximum absolute atomic E-state index is 13.3. The predicted molar refractivity (Wildman–Crippen MR) is 120 cm³/mol. The summed E-state index contributed by atoms with van der Waals surface area (Å²) in [6.45, 7) is 4.98. The van der Waals surface area contributed by atoms with Gasteiger partial charge >= 0.3 is 0 Å². The van der Waals surface area contributed by atoms with Gasteiger partial charge in [-0.25, -0.2) is 0 Å². The van der Waals surface area contributed by atoms with Gasteiger partial charge in [0.2, 0.25) is 0 Å². The Labute approximate surface area is 175 Å². The molecule has 5 rings (SSSR count). The SMILES string of the molecule is CCC1=Nc2cc(C(=O)N3CCc4ccccc43)ccc2Sc2ccc(C)cc21. The van der Waals surface area contributed by atoms with E-state index in [9.17, 15) is 4.79 Å². The Kier molecular flexibility index (Phi) is 4.51. The van der Waals surface area contributed by atoms with E-state index >= 15 is 0 Å². The van der Waals surface area contributed by atoms with Crippen molar-refractivity contribution >= 4 is 34.8 Å². The van der Waals surface area contributed by atoms with Crippen molar-refractivity contribution in [2.45, 2.75) is 36.5 Å². The van der Waals surface area contributed by atoms with Crippen molar-refractivity contribution in [2.75, 3.05) is 11.4 Å². The van der Waals surface area contributed by atoms with Crippen LogP contribution in [0, 0.1) is 6.92 Å². The first-order chi connectivity index (χ1) is 14.1. The molecule has 1 amide bonds. The minimum atomic E-state index is 0.0496. The molecule has 3 aromatic carbocycles. The van der Waals surface area contributed by atoms with Crippen LogP contribution in [0.4, 0.5) is 11.4 Å². The fraction of sp³-hybridized carbons (Fsp3) is 0.200. The van der Waals surface area contributed by atoms with Crippen LogP contribution in [0.5, 0.6) is 0 Å². The highest BCUT2D eigenvalue weighted by Crippen LogP contribution is 2.42. The van der Waals surface area contributed by atoms with Crippen molar-refractivity contribution in [1.29, 1.82) is 0 Å². The van der Waals surface area contributed by atoms with Gasteiger partial charge in [-0.3, -0.25) is 9.79 Å². The number of para-hydroxylation sites is 1. The molecule has 0 bridgehead atoms. The smallest absolute Gasteiger partial charge is 0.258 e. The quantitative estimate of drug-likeness (QED) is 0.515. The standard InChI is InChI=1S/C25H22N2OS/c1-3-20-19-14-16(2)8-10-23(19)29-24-11-9-18(15-21(24)26-20)25(28)27-13-12-17-6-4-5-7-22(17)27/h4-11,14-15H,3,12-13H2,1-2H3. The van der Waals surface area contributed by atoms with Crippen LogP contribution in [0.1, 0.15) is 40.4 Å². The predicted octanol–water partition coefficient (Wildman–Crippen LogP) is 6.19. The summed E-state index contributed by atoms with van der Waals surface area (Å²) in [5.74, 6) is 0.0496. The second-order valence-electron chi connectivity index (χ2n) is 7.53. The molecule has 3 aromatic rings. The lowest BCUT2D eigenvalue weighted by Gasteiger charge is -2.18. The highest BCUT2D eigenvalue weighted by atomic mass is 32.2. The lowest BCUT2D eigenvalue weighted by Crippen LogP contribution is -2.28. The van der Waals surface area contributed by atoms with Gasteiger partial charge in [0.1, 0.15) is 0 Å². The van der Waals surface area contributed by atoms with Gasteiger partial charge in [-0.1, -0.05) is 48.5 Å². The van der Waals surface area contributed by atoms with E-state index in [4.69, 9.17) is 4.99 Å². The van der Waals surface area contributed by atoms with E-state index in [2.05, 4.69) is 38.1 Å². The molecule has 0 aromatic heterocycles. The zero-order valence-electron chi connectivity index (χ0n) is 16.6. The summed E-state index contributed by atoms with van der Waals surface area (Å²) < 4.78 is 0. The number of benzene rings is 3. The van der Waals surface area contributed by atoms with Crippen molar-refractivity contribution in [1.82, 2.24) is 0 Å².